The van der Waals surface area contributed by atoms with Crippen LogP contribution < -0.4 is 4.74 Å². The fourth-order valence-electron chi connectivity index (χ4n) is 4.70. The third-order valence-electron chi connectivity index (χ3n) is 5.47. The van der Waals surface area contributed by atoms with Crippen molar-refractivity contribution in [2.24, 2.45) is 0 Å². The van der Waals surface area contributed by atoms with Crippen LogP contribution in [0.4, 0.5) is 0 Å². The Labute approximate surface area is 127 Å². The van der Waals surface area contributed by atoms with Gasteiger partial charge in [0.05, 0.1) is 12.0 Å². The van der Waals surface area contributed by atoms with Gasteiger partial charge in [-0.05, 0) is 69.4 Å². The minimum absolute atomic E-state index is 0.241. The molecule has 1 fully saturated rings. The summed E-state index contributed by atoms with van der Waals surface area (Å²) in [5, 5.41) is 0. The van der Waals surface area contributed by atoms with Gasteiger partial charge in [0.25, 0.3) is 0 Å². The zero-order valence-electron chi connectivity index (χ0n) is 13.7. The van der Waals surface area contributed by atoms with Gasteiger partial charge in [-0.15, -0.1) is 0 Å². The van der Waals surface area contributed by atoms with Crippen molar-refractivity contribution >= 4 is 5.78 Å². The number of rotatable bonds is 2. The van der Waals surface area contributed by atoms with Crippen molar-refractivity contribution in [1.29, 1.82) is 0 Å². The number of hydrogen-bond acceptors (Lipinski definition) is 2. The largest absolute Gasteiger partial charge is 0.494 e. The Morgan fingerprint density at radius 2 is 1.81 bits per heavy atom. The summed E-state index contributed by atoms with van der Waals surface area (Å²) in [6, 6.07) is 4.25. The number of benzene rings is 1. The highest BCUT2D eigenvalue weighted by molar-refractivity contribution is 6.04. The molecule has 21 heavy (non-hydrogen) atoms. The Hall–Kier alpha value is -1.31. The van der Waals surface area contributed by atoms with Crippen LogP contribution in [0.25, 0.3) is 0 Å². The molecule has 0 N–H and O–H groups in total. The molecule has 2 heteroatoms. The molecule has 0 saturated heterocycles. The molecular weight excluding hydrogens is 260 g/mol. The van der Waals surface area contributed by atoms with E-state index in [0.29, 0.717) is 12.4 Å². The Balaban J connectivity index is 2.22. The molecule has 2 nitrogen and oxygen atoms in total. The van der Waals surface area contributed by atoms with Crippen LogP contribution >= 0.6 is 0 Å². The first-order valence-electron chi connectivity index (χ1n) is 8.27. The van der Waals surface area contributed by atoms with Gasteiger partial charge >= 0.3 is 0 Å². The third kappa shape index (κ3) is 1.95. The van der Waals surface area contributed by atoms with Crippen LogP contribution in [0.15, 0.2) is 12.1 Å². The molecule has 0 bridgehead atoms. The van der Waals surface area contributed by atoms with E-state index in [9.17, 15) is 4.79 Å². The molecule has 0 amide bonds. The highest BCUT2D eigenvalue weighted by atomic mass is 16.5. The summed E-state index contributed by atoms with van der Waals surface area (Å²) in [5.41, 5.74) is 3.13. The smallest absolute Gasteiger partial charge is 0.153 e. The Morgan fingerprint density at radius 1 is 1.14 bits per heavy atom. The molecule has 2 aliphatic carbocycles. The summed E-state index contributed by atoms with van der Waals surface area (Å²) in [5.74, 6) is 1.35. The van der Waals surface area contributed by atoms with Crippen LogP contribution in [0.2, 0.25) is 0 Å². The molecule has 1 saturated carbocycles. The van der Waals surface area contributed by atoms with Crippen LogP contribution in [-0.2, 0) is 15.6 Å². The van der Waals surface area contributed by atoms with Gasteiger partial charge in [-0.1, -0.05) is 19.3 Å². The number of carbonyl (C=O) groups excluding carboxylic acids is 1. The molecule has 1 aromatic rings. The van der Waals surface area contributed by atoms with Gasteiger partial charge in [-0.2, -0.15) is 0 Å². The Morgan fingerprint density at radius 3 is 2.43 bits per heavy atom. The number of ether oxygens (including phenoxy) is 1. The topological polar surface area (TPSA) is 26.3 Å². The molecule has 0 aliphatic heterocycles. The molecule has 114 valence electrons. The van der Waals surface area contributed by atoms with Gasteiger partial charge in [-0.3, -0.25) is 4.79 Å². The van der Waals surface area contributed by atoms with E-state index in [0.717, 1.165) is 18.6 Å². The van der Waals surface area contributed by atoms with Gasteiger partial charge in [0, 0.05) is 5.41 Å². The number of hydrogen-bond donors (Lipinski definition) is 0. The number of Topliss-reactive ketones (excluding diaryl/α,β-unsaturated/α-hetero) is 1. The second-order valence-electron chi connectivity index (χ2n) is 7.19. The van der Waals surface area contributed by atoms with Crippen molar-refractivity contribution in [3.8, 4) is 5.75 Å². The van der Waals surface area contributed by atoms with E-state index in [-0.39, 0.29) is 10.8 Å². The van der Waals surface area contributed by atoms with Gasteiger partial charge in [0.15, 0.2) is 5.78 Å². The number of ketones is 1. The lowest BCUT2D eigenvalue weighted by atomic mass is 9.68. The second-order valence-corrected chi connectivity index (χ2v) is 7.19. The van der Waals surface area contributed by atoms with Crippen molar-refractivity contribution in [2.75, 3.05) is 6.61 Å². The fraction of sp³-hybridized carbons (Fsp3) is 0.632. The minimum Gasteiger partial charge on any atom is -0.494 e. The molecule has 1 spiro atoms. The predicted octanol–water partition coefficient (Wildman–Crippen LogP) is 4.46. The molecule has 0 atom stereocenters. The highest BCUT2D eigenvalue weighted by Gasteiger charge is 2.56. The van der Waals surface area contributed by atoms with Crippen molar-refractivity contribution in [2.45, 2.75) is 70.6 Å². The van der Waals surface area contributed by atoms with E-state index < -0.39 is 0 Å². The average molecular weight is 286 g/mol. The lowest BCUT2D eigenvalue weighted by Crippen LogP contribution is -2.40. The first-order chi connectivity index (χ1) is 9.93. The summed E-state index contributed by atoms with van der Waals surface area (Å²) in [6.45, 7) is 9.00. The predicted molar refractivity (Wildman–Crippen MR) is 85.1 cm³/mol. The van der Waals surface area contributed by atoms with Gasteiger partial charge in [0.1, 0.15) is 5.75 Å². The van der Waals surface area contributed by atoms with Crippen LogP contribution in [0.1, 0.15) is 69.6 Å². The van der Waals surface area contributed by atoms with Crippen molar-refractivity contribution in [3.05, 3.63) is 28.8 Å². The molecule has 2 aliphatic rings. The number of aryl methyl sites for hydroxylation is 1. The summed E-state index contributed by atoms with van der Waals surface area (Å²) < 4.78 is 5.74. The van der Waals surface area contributed by atoms with Crippen LogP contribution in [0, 0.1) is 6.92 Å². The van der Waals surface area contributed by atoms with Crippen molar-refractivity contribution in [1.82, 2.24) is 0 Å². The van der Waals surface area contributed by atoms with Gasteiger partial charge in [-0.25, -0.2) is 0 Å². The van der Waals surface area contributed by atoms with Crippen molar-refractivity contribution in [3.63, 3.8) is 0 Å². The average Bonchev–Trinajstić information content (AvgIpc) is 2.60. The lowest BCUT2D eigenvalue weighted by Gasteiger charge is -2.34. The molecule has 3 rings (SSSR count). The standard InChI is InChI=1S/C19H26O2/c1-5-21-14-11-13(2)16-15(12-14)19(9-7-6-8-10-19)17(20)18(16,3)4/h11-12H,5-10H2,1-4H3. The van der Waals surface area contributed by atoms with E-state index in [1.165, 1.54) is 36.0 Å². The molecule has 0 unspecified atom stereocenters. The molecule has 0 heterocycles. The fourth-order valence-corrected chi connectivity index (χ4v) is 4.70. The Bertz CT molecular complexity index is 577. The maximum atomic E-state index is 13.2. The van der Waals surface area contributed by atoms with Crippen LogP contribution in [0.5, 0.6) is 5.75 Å². The number of carbonyl (C=O) groups is 1. The highest BCUT2D eigenvalue weighted by Crippen LogP contribution is 2.55. The molecular formula is C19H26O2. The summed E-state index contributed by atoms with van der Waals surface area (Å²) >= 11 is 0. The Kier molecular flexibility index (Phi) is 3.38. The zero-order chi connectivity index (χ0) is 15.3. The van der Waals surface area contributed by atoms with E-state index in [1.807, 2.05) is 6.92 Å². The normalized spacial score (nSPS) is 22.4. The molecule has 0 radical (unpaired) electrons. The maximum absolute atomic E-state index is 13.2. The lowest BCUT2D eigenvalue weighted by molar-refractivity contribution is -0.128. The summed E-state index contributed by atoms with van der Waals surface area (Å²) in [6.07, 6.45) is 5.61. The SMILES string of the molecule is CCOc1cc(C)c2c(c1)C1(CCCCC1)C(=O)C2(C)C. The van der Waals surface area contributed by atoms with Gasteiger partial charge in [0.2, 0.25) is 0 Å². The van der Waals surface area contributed by atoms with E-state index in [1.54, 1.807) is 0 Å². The second kappa shape index (κ2) is 4.86. The summed E-state index contributed by atoms with van der Waals surface area (Å²) in [4.78, 5) is 13.2. The maximum Gasteiger partial charge on any atom is 0.153 e. The monoisotopic (exact) mass is 286 g/mol. The summed E-state index contributed by atoms with van der Waals surface area (Å²) in [7, 11) is 0. The minimum atomic E-state index is -0.360. The van der Waals surface area contributed by atoms with E-state index in [4.69, 9.17) is 4.74 Å². The van der Waals surface area contributed by atoms with Crippen molar-refractivity contribution < 1.29 is 9.53 Å². The first-order valence-corrected chi connectivity index (χ1v) is 8.27. The first kappa shape index (κ1) is 14.6. The third-order valence-corrected chi connectivity index (χ3v) is 5.47. The molecule has 1 aromatic carbocycles. The molecule has 0 aromatic heterocycles. The van der Waals surface area contributed by atoms with Crippen LogP contribution in [0.3, 0.4) is 0 Å². The van der Waals surface area contributed by atoms with E-state index in [2.05, 4.69) is 32.9 Å². The van der Waals surface area contributed by atoms with Gasteiger partial charge < -0.3 is 4.74 Å². The van der Waals surface area contributed by atoms with Crippen LogP contribution in [-0.4, -0.2) is 12.4 Å². The zero-order valence-corrected chi connectivity index (χ0v) is 13.7. The number of fused-ring (bicyclic) bond motifs is 2. The van der Waals surface area contributed by atoms with E-state index >= 15 is 0 Å². The quantitative estimate of drug-likeness (QED) is 0.802.